The van der Waals surface area contributed by atoms with E-state index in [0.29, 0.717) is 6.61 Å². The molecule has 0 amide bonds. The Bertz CT molecular complexity index is 235. The first-order chi connectivity index (χ1) is 5.79. The normalized spacial score (nSPS) is 13.2. The van der Waals surface area contributed by atoms with E-state index in [1.54, 1.807) is 18.0 Å². The molecule has 0 aliphatic rings. The first-order valence-electron chi connectivity index (χ1n) is 3.92. The Labute approximate surface area is 71.5 Å². The third-order valence-corrected chi connectivity index (χ3v) is 1.67. The van der Waals surface area contributed by atoms with E-state index in [0.717, 1.165) is 12.2 Å². The zero-order valence-electron chi connectivity index (χ0n) is 7.40. The number of nitrogens with two attached hydrogens (primary N) is 1. The fourth-order valence-corrected chi connectivity index (χ4v) is 1.06. The minimum Gasteiger partial charge on any atom is -0.383 e. The standard InChI is InChI=1S/C7H14N4O/c1-3-11-7(4-9-10-11)6(8)5-12-2/h4,6H,3,5,8H2,1-2H3/t6-/m0/s1. The molecule has 0 saturated carbocycles. The molecule has 68 valence electrons. The molecular weight excluding hydrogens is 156 g/mol. The molecule has 0 fully saturated rings. The molecule has 5 heteroatoms. The van der Waals surface area contributed by atoms with E-state index in [4.69, 9.17) is 10.5 Å². The van der Waals surface area contributed by atoms with Crippen molar-refractivity contribution in [2.75, 3.05) is 13.7 Å². The largest absolute Gasteiger partial charge is 0.383 e. The van der Waals surface area contributed by atoms with Crippen molar-refractivity contribution < 1.29 is 4.74 Å². The van der Waals surface area contributed by atoms with Gasteiger partial charge in [-0.1, -0.05) is 5.21 Å². The Morgan fingerprint density at radius 3 is 3.08 bits per heavy atom. The Balaban J connectivity index is 2.71. The van der Waals surface area contributed by atoms with Crippen molar-refractivity contribution in [1.29, 1.82) is 0 Å². The maximum Gasteiger partial charge on any atom is 0.0777 e. The number of hydrogen-bond donors (Lipinski definition) is 1. The van der Waals surface area contributed by atoms with Gasteiger partial charge in [0.25, 0.3) is 0 Å². The van der Waals surface area contributed by atoms with Gasteiger partial charge in [0.1, 0.15) is 0 Å². The number of methoxy groups -OCH3 is 1. The van der Waals surface area contributed by atoms with E-state index in [9.17, 15) is 0 Å². The van der Waals surface area contributed by atoms with Crippen LogP contribution in [0.1, 0.15) is 18.7 Å². The Kier molecular flexibility index (Phi) is 3.19. The number of ether oxygens (including phenoxy) is 1. The van der Waals surface area contributed by atoms with Crippen LogP contribution in [0.25, 0.3) is 0 Å². The van der Waals surface area contributed by atoms with Crippen LogP contribution in [-0.4, -0.2) is 28.7 Å². The van der Waals surface area contributed by atoms with Crippen LogP contribution in [0.2, 0.25) is 0 Å². The summed E-state index contributed by atoms with van der Waals surface area (Å²) >= 11 is 0. The first kappa shape index (κ1) is 9.15. The fourth-order valence-electron chi connectivity index (χ4n) is 1.06. The highest BCUT2D eigenvalue weighted by Crippen LogP contribution is 2.07. The third kappa shape index (κ3) is 1.80. The second-order valence-electron chi connectivity index (χ2n) is 2.54. The minimum atomic E-state index is -0.134. The lowest BCUT2D eigenvalue weighted by atomic mass is 10.2. The minimum absolute atomic E-state index is 0.134. The van der Waals surface area contributed by atoms with Crippen molar-refractivity contribution in [3.8, 4) is 0 Å². The topological polar surface area (TPSA) is 66.0 Å². The van der Waals surface area contributed by atoms with Crippen LogP contribution >= 0.6 is 0 Å². The highest BCUT2D eigenvalue weighted by molar-refractivity contribution is 5.00. The van der Waals surface area contributed by atoms with Crippen molar-refractivity contribution in [2.45, 2.75) is 19.5 Å². The van der Waals surface area contributed by atoms with E-state index >= 15 is 0 Å². The van der Waals surface area contributed by atoms with Crippen molar-refractivity contribution in [3.63, 3.8) is 0 Å². The van der Waals surface area contributed by atoms with Crippen molar-refractivity contribution in [3.05, 3.63) is 11.9 Å². The van der Waals surface area contributed by atoms with Gasteiger partial charge in [0, 0.05) is 13.7 Å². The van der Waals surface area contributed by atoms with E-state index in [-0.39, 0.29) is 6.04 Å². The van der Waals surface area contributed by atoms with Crippen LogP contribution in [0.3, 0.4) is 0 Å². The van der Waals surface area contributed by atoms with Gasteiger partial charge in [-0.25, -0.2) is 4.68 Å². The Morgan fingerprint density at radius 1 is 1.75 bits per heavy atom. The SMILES string of the molecule is CCn1nncc1[C@@H](N)COC. The van der Waals surface area contributed by atoms with Gasteiger partial charge in [-0.05, 0) is 6.92 Å². The molecule has 1 aromatic rings. The molecule has 1 heterocycles. The van der Waals surface area contributed by atoms with Gasteiger partial charge in [-0.2, -0.15) is 0 Å². The van der Waals surface area contributed by atoms with E-state index in [1.807, 2.05) is 6.92 Å². The van der Waals surface area contributed by atoms with E-state index in [2.05, 4.69) is 10.3 Å². The van der Waals surface area contributed by atoms with Crippen LogP contribution in [0.4, 0.5) is 0 Å². The highest BCUT2D eigenvalue weighted by atomic mass is 16.5. The zero-order chi connectivity index (χ0) is 8.97. The second kappa shape index (κ2) is 4.18. The Morgan fingerprint density at radius 2 is 2.50 bits per heavy atom. The quantitative estimate of drug-likeness (QED) is 0.687. The molecular formula is C7H14N4O. The molecule has 0 aromatic carbocycles. The molecule has 0 saturated heterocycles. The molecule has 0 aliphatic heterocycles. The first-order valence-corrected chi connectivity index (χ1v) is 3.92. The molecule has 5 nitrogen and oxygen atoms in total. The molecule has 1 rings (SSSR count). The summed E-state index contributed by atoms with van der Waals surface area (Å²) in [5, 5.41) is 7.64. The summed E-state index contributed by atoms with van der Waals surface area (Å²) in [4.78, 5) is 0. The predicted molar refractivity (Wildman–Crippen MR) is 44.5 cm³/mol. The average molecular weight is 170 g/mol. The predicted octanol–water partition coefficient (Wildman–Crippen LogP) is -0.0558. The summed E-state index contributed by atoms with van der Waals surface area (Å²) in [5.41, 5.74) is 6.72. The second-order valence-corrected chi connectivity index (χ2v) is 2.54. The van der Waals surface area contributed by atoms with Gasteiger partial charge in [-0.3, -0.25) is 0 Å². The van der Waals surface area contributed by atoms with Gasteiger partial charge < -0.3 is 10.5 Å². The maximum atomic E-state index is 5.80. The van der Waals surface area contributed by atoms with Crippen LogP contribution in [-0.2, 0) is 11.3 Å². The molecule has 1 aromatic heterocycles. The summed E-state index contributed by atoms with van der Waals surface area (Å²) in [6, 6.07) is -0.134. The number of nitrogens with zero attached hydrogens (tertiary/aromatic N) is 3. The summed E-state index contributed by atoms with van der Waals surface area (Å²) in [5.74, 6) is 0. The maximum absolute atomic E-state index is 5.80. The smallest absolute Gasteiger partial charge is 0.0777 e. The lowest BCUT2D eigenvalue weighted by Gasteiger charge is -2.10. The Hall–Kier alpha value is -0.940. The van der Waals surface area contributed by atoms with Gasteiger partial charge >= 0.3 is 0 Å². The van der Waals surface area contributed by atoms with Gasteiger partial charge in [-0.15, -0.1) is 5.10 Å². The number of aryl methyl sites for hydroxylation is 1. The molecule has 0 unspecified atom stereocenters. The summed E-state index contributed by atoms with van der Waals surface area (Å²) in [6.45, 7) is 3.28. The molecule has 0 aliphatic carbocycles. The molecule has 0 bridgehead atoms. The third-order valence-electron chi connectivity index (χ3n) is 1.67. The molecule has 0 radical (unpaired) electrons. The molecule has 1 atom stereocenters. The van der Waals surface area contributed by atoms with Gasteiger partial charge in [0.05, 0.1) is 24.5 Å². The zero-order valence-corrected chi connectivity index (χ0v) is 7.40. The van der Waals surface area contributed by atoms with Crippen LogP contribution in [0.5, 0.6) is 0 Å². The summed E-state index contributed by atoms with van der Waals surface area (Å²) < 4.78 is 6.70. The number of aromatic nitrogens is 3. The van der Waals surface area contributed by atoms with E-state index in [1.165, 1.54) is 0 Å². The van der Waals surface area contributed by atoms with Crippen LogP contribution in [0, 0.1) is 0 Å². The number of rotatable bonds is 4. The van der Waals surface area contributed by atoms with Crippen molar-refractivity contribution in [1.82, 2.24) is 15.0 Å². The average Bonchev–Trinajstić information content (AvgIpc) is 2.51. The summed E-state index contributed by atoms with van der Waals surface area (Å²) in [6.07, 6.45) is 1.67. The summed E-state index contributed by atoms with van der Waals surface area (Å²) in [7, 11) is 1.62. The van der Waals surface area contributed by atoms with E-state index < -0.39 is 0 Å². The van der Waals surface area contributed by atoms with Crippen LogP contribution < -0.4 is 5.73 Å². The van der Waals surface area contributed by atoms with Gasteiger partial charge in [0.15, 0.2) is 0 Å². The lowest BCUT2D eigenvalue weighted by molar-refractivity contribution is 0.178. The molecule has 12 heavy (non-hydrogen) atoms. The van der Waals surface area contributed by atoms with Crippen molar-refractivity contribution >= 4 is 0 Å². The lowest BCUT2D eigenvalue weighted by Crippen LogP contribution is -2.20. The highest BCUT2D eigenvalue weighted by Gasteiger charge is 2.10. The fraction of sp³-hybridized carbons (Fsp3) is 0.714. The molecule has 2 N–H and O–H groups in total. The monoisotopic (exact) mass is 170 g/mol. The molecule has 0 spiro atoms. The van der Waals surface area contributed by atoms with Gasteiger partial charge in [0.2, 0.25) is 0 Å². The van der Waals surface area contributed by atoms with Crippen molar-refractivity contribution in [2.24, 2.45) is 5.73 Å². The van der Waals surface area contributed by atoms with Crippen LogP contribution in [0.15, 0.2) is 6.20 Å². The number of hydrogen-bond acceptors (Lipinski definition) is 4.